The van der Waals surface area contributed by atoms with E-state index in [2.05, 4.69) is 9.97 Å². The number of para-hydroxylation sites is 1. The molecule has 0 unspecified atom stereocenters. The quantitative estimate of drug-likeness (QED) is 0.790. The largest absolute Gasteiger partial charge is 0.490 e. The molecule has 2 N–H and O–H groups in total. The molecule has 2 aromatic rings. The normalized spacial score (nSPS) is 9.88. The Morgan fingerprint density at radius 2 is 1.76 bits per heavy atom. The van der Waals surface area contributed by atoms with Crippen LogP contribution in [0.5, 0.6) is 11.6 Å². The molecule has 1 aromatic carbocycles. The van der Waals surface area contributed by atoms with Gasteiger partial charge >= 0.3 is 0 Å². The number of rotatable bonds is 5. The average Bonchev–Trinajstić information content (AvgIpc) is 2.36. The zero-order valence-corrected chi connectivity index (χ0v) is 9.24. The van der Waals surface area contributed by atoms with Crippen molar-refractivity contribution in [3.8, 4) is 11.6 Å². The second-order valence-electron chi connectivity index (χ2n) is 3.29. The van der Waals surface area contributed by atoms with Crippen LogP contribution in [0.3, 0.4) is 0 Å². The third-order valence-corrected chi connectivity index (χ3v) is 1.98. The highest BCUT2D eigenvalue weighted by Gasteiger charge is 1.97. The lowest BCUT2D eigenvalue weighted by Gasteiger charge is -2.07. The first kappa shape index (κ1) is 11.2. The minimum absolute atomic E-state index is 0.339. The van der Waals surface area contributed by atoms with E-state index in [9.17, 15) is 0 Å². The fourth-order valence-corrected chi connectivity index (χ4v) is 1.25. The van der Waals surface area contributed by atoms with Gasteiger partial charge in [0.1, 0.15) is 24.8 Å². The van der Waals surface area contributed by atoms with Crippen molar-refractivity contribution in [2.45, 2.75) is 0 Å². The molecule has 0 atom stereocenters. The SMILES string of the molecule is Nc1cncc(OCCOc2ccccc2)n1. The summed E-state index contributed by atoms with van der Waals surface area (Å²) in [4.78, 5) is 7.82. The van der Waals surface area contributed by atoms with Crippen molar-refractivity contribution >= 4 is 5.82 Å². The van der Waals surface area contributed by atoms with E-state index in [-0.39, 0.29) is 0 Å². The van der Waals surface area contributed by atoms with Crippen LogP contribution in [0.15, 0.2) is 42.7 Å². The van der Waals surface area contributed by atoms with Gasteiger partial charge in [0, 0.05) is 0 Å². The van der Waals surface area contributed by atoms with Gasteiger partial charge in [0.15, 0.2) is 0 Å². The summed E-state index contributed by atoms with van der Waals surface area (Å²) in [7, 11) is 0. The Morgan fingerprint density at radius 1 is 1.00 bits per heavy atom. The molecule has 0 radical (unpaired) electrons. The van der Waals surface area contributed by atoms with Crippen LogP contribution in [-0.2, 0) is 0 Å². The zero-order chi connectivity index (χ0) is 11.9. The highest BCUT2D eigenvalue weighted by Crippen LogP contribution is 2.09. The van der Waals surface area contributed by atoms with Crippen LogP contribution in [0.1, 0.15) is 0 Å². The van der Waals surface area contributed by atoms with Gasteiger partial charge in [-0.15, -0.1) is 0 Å². The minimum Gasteiger partial charge on any atom is -0.490 e. The van der Waals surface area contributed by atoms with Gasteiger partial charge in [-0.1, -0.05) is 18.2 Å². The number of hydrogen-bond donors (Lipinski definition) is 1. The zero-order valence-electron chi connectivity index (χ0n) is 9.24. The molecule has 5 nitrogen and oxygen atoms in total. The maximum absolute atomic E-state index is 5.47. The van der Waals surface area contributed by atoms with Crippen LogP contribution in [0, 0.1) is 0 Å². The van der Waals surface area contributed by atoms with Gasteiger partial charge in [-0.05, 0) is 12.1 Å². The standard InChI is InChI=1S/C12H13N3O2/c13-11-8-14-9-12(15-11)17-7-6-16-10-4-2-1-3-5-10/h1-5,8-9H,6-7H2,(H2,13,15). The molecular formula is C12H13N3O2. The maximum Gasteiger partial charge on any atom is 0.234 e. The lowest BCUT2D eigenvalue weighted by molar-refractivity contribution is 0.211. The van der Waals surface area contributed by atoms with Crippen LogP contribution in [0.2, 0.25) is 0 Å². The molecule has 0 saturated carbocycles. The summed E-state index contributed by atoms with van der Waals surface area (Å²) in [6.07, 6.45) is 2.98. The maximum atomic E-state index is 5.47. The molecule has 1 heterocycles. The van der Waals surface area contributed by atoms with Crippen molar-refractivity contribution in [2.24, 2.45) is 0 Å². The first-order valence-corrected chi connectivity index (χ1v) is 5.23. The van der Waals surface area contributed by atoms with Gasteiger partial charge in [0.2, 0.25) is 5.88 Å². The number of ether oxygens (including phenoxy) is 2. The molecule has 0 fully saturated rings. The Morgan fingerprint density at radius 3 is 2.53 bits per heavy atom. The van der Waals surface area contributed by atoms with Crippen LogP contribution >= 0.6 is 0 Å². The summed E-state index contributed by atoms with van der Waals surface area (Å²) in [6, 6.07) is 9.55. The van der Waals surface area contributed by atoms with Gasteiger partial charge in [0.25, 0.3) is 0 Å². The van der Waals surface area contributed by atoms with E-state index in [0.717, 1.165) is 5.75 Å². The number of aromatic nitrogens is 2. The topological polar surface area (TPSA) is 70.3 Å². The Bertz CT molecular complexity index is 462. The monoisotopic (exact) mass is 231 g/mol. The van der Waals surface area contributed by atoms with Crippen LogP contribution in [-0.4, -0.2) is 23.2 Å². The first-order valence-electron chi connectivity index (χ1n) is 5.23. The molecule has 0 amide bonds. The molecule has 2 rings (SSSR count). The molecule has 17 heavy (non-hydrogen) atoms. The summed E-state index contributed by atoms with van der Waals surface area (Å²) in [6.45, 7) is 0.841. The van der Waals surface area contributed by atoms with Gasteiger partial charge < -0.3 is 15.2 Å². The van der Waals surface area contributed by atoms with Gasteiger partial charge in [-0.3, -0.25) is 4.98 Å². The molecule has 0 aliphatic rings. The molecule has 0 aliphatic heterocycles. The van der Waals surface area contributed by atoms with Crippen molar-refractivity contribution in [2.75, 3.05) is 18.9 Å². The minimum atomic E-state index is 0.339. The Labute approximate surface area is 99.2 Å². The van der Waals surface area contributed by atoms with Gasteiger partial charge in [0.05, 0.1) is 12.4 Å². The fourth-order valence-electron chi connectivity index (χ4n) is 1.25. The van der Waals surface area contributed by atoms with E-state index in [1.807, 2.05) is 30.3 Å². The van der Waals surface area contributed by atoms with Crippen LogP contribution < -0.4 is 15.2 Å². The predicted molar refractivity (Wildman–Crippen MR) is 63.9 cm³/mol. The number of benzene rings is 1. The Kier molecular flexibility index (Phi) is 3.75. The van der Waals surface area contributed by atoms with E-state index >= 15 is 0 Å². The van der Waals surface area contributed by atoms with Crippen molar-refractivity contribution in [3.05, 3.63) is 42.7 Å². The highest BCUT2D eigenvalue weighted by atomic mass is 16.5. The second-order valence-corrected chi connectivity index (χ2v) is 3.29. The summed E-state index contributed by atoms with van der Waals surface area (Å²) in [5.41, 5.74) is 5.47. The average molecular weight is 231 g/mol. The van der Waals surface area contributed by atoms with E-state index in [1.54, 1.807) is 0 Å². The van der Waals surface area contributed by atoms with Crippen molar-refractivity contribution in [3.63, 3.8) is 0 Å². The van der Waals surface area contributed by atoms with E-state index in [1.165, 1.54) is 12.4 Å². The third-order valence-electron chi connectivity index (χ3n) is 1.98. The first-order chi connectivity index (χ1) is 8.34. The summed E-state index contributed by atoms with van der Waals surface area (Å²) < 4.78 is 10.8. The molecule has 0 aliphatic carbocycles. The number of nitrogens with zero attached hydrogens (tertiary/aromatic N) is 2. The van der Waals surface area contributed by atoms with Crippen LogP contribution in [0.25, 0.3) is 0 Å². The third kappa shape index (κ3) is 3.64. The highest BCUT2D eigenvalue weighted by molar-refractivity contribution is 5.26. The van der Waals surface area contributed by atoms with Crippen LogP contribution in [0.4, 0.5) is 5.82 Å². The number of nitrogens with two attached hydrogens (primary N) is 1. The summed E-state index contributed by atoms with van der Waals surface area (Å²) in [5.74, 6) is 1.56. The number of hydrogen-bond acceptors (Lipinski definition) is 5. The molecule has 5 heteroatoms. The van der Waals surface area contributed by atoms with Crippen molar-refractivity contribution in [1.82, 2.24) is 9.97 Å². The summed E-state index contributed by atoms with van der Waals surface area (Å²) >= 11 is 0. The lowest BCUT2D eigenvalue weighted by atomic mass is 10.3. The molecular weight excluding hydrogens is 218 g/mol. The lowest BCUT2D eigenvalue weighted by Crippen LogP contribution is -2.10. The molecule has 88 valence electrons. The molecule has 1 aromatic heterocycles. The van der Waals surface area contributed by atoms with Gasteiger partial charge in [-0.25, -0.2) is 0 Å². The second kappa shape index (κ2) is 5.69. The fraction of sp³-hybridized carbons (Fsp3) is 0.167. The van der Waals surface area contributed by atoms with E-state index in [4.69, 9.17) is 15.2 Å². The molecule has 0 spiro atoms. The smallest absolute Gasteiger partial charge is 0.234 e. The number of nitrogen functional groups attached to an aromatic ring is 1. The molecule has 0 bridgehead atoms. The van der Waals surface area contributed by atoms with Crippen molar-refractivity contribution < 1.29 is 9.47 Å². The predicted octanol–water partition coefficient (Wildman–Crippen LogP) is 1.52. The van der Waals surface area contributed by atoms with E-state index < -0.39 is 0 Å². The van der Waals surface area contributed by atoms with E-state index in [0.29, 0.717) is 24.9 Å². The molecule has 0 saturated heterocycles. The van der Waals surface area contributed by atoms with Gasteiger partial charge in [-0.2, -0.15) is 4.98 Å². The summed E-state index contributed by atoms with van der Waals surface area (Å²) in [5, 5.41) is 0. The number of anilines is 1. The Hall–Kier alpha value is -2.30. The van der Waals surface area contributed by atoms with Crippen molar-refractivity contribution in [1.29, 1.82) is 0 Å². The Balaban J connectivity index is 1.73.